The second-order valence-electron chi connectivity index (χ2n) is 1.04. The summed E-state index contributed by atoms with van der Waals surface area (Å²) in [7, 11) is 0. The summed E-state index contributed by atoms with van der Waals surface area (Å²) in [5, 5.41) is 0. The fraction of sp³-hybridized carbons (Fsp3) is 0.167. The Balaban J connectivity index is 3.36. The number of carbonyl (C=O) groups is 1. The van der Waals surface area contributed by atoms with Gasteiger partial charge in [-0.2, -0.15) is 0 Å². The van der Waals surface area contributed by atoms with Crippen molar-refractivity contribution in [2.75, 3.05) is 0 Å². The number of ether oxygens (including phenoxy) is 1. The van der Waals surface area contributed by atoms with Crippen LogP contribution in [0.2, 0.25) is 0 Å². The van der Waals surface area contributed by atoms with Crippen molar-refractivity contribution in [2.45, 2.75) is 6.42 Å². The third-order valence-electron chi connectivity index (χ3n) is 0.461. The van der Waals surface area contributed by atoms with Crippen LogP contribution < -0.4 is 0 Å². The Morgan fingerprint density at radius 2 is 2.62 bits per heavy atom. The molecule has 0 fully saturated rings. The van der Waals surface area contributed by atoms with Gasteiger partial charge in [-0.15, -0.1) is 6.42 Å². The molecule has 0 saturated heterocycles. The molecule has 0 aliphatic carbocycles. The lowest BCUT2D eigenvalue weighted by Crippen LogP contribution is -1.95. The van der Waals surface area contributed by atoms with Crippen LogP contribution in [-0.4, -0.2) is 5.97 Å². The number of rotatable bonds is 2. The zero-order chi connectivity index (χ0) is 6.41. The van der Waals surface area contributed by atoms with Crippen LogP contribution in [0.25, 0.3) is 0 Å². The van der Waals surface area contributed by atoms with E-state index in [0.717, 1.165) is 6.26 Å². The van der Waals surface area contributed by atoms with Crippen molar-refractivity contribution in [1.82, 2.24) is 0 Å². The van der Waals surface area contributed by atoms with Gasteiger partial charge in [0, 0.05) is 0 Å². The van der Waals surface area contributed by atoms with Gasteiger partial charge in [-0.05, 0) is 0 Å². The van der Waals surface area contributed by atoms with Gasteiger partial charge in [-0.25, -0.2) is 0 Å². The van der Waals surface area contributed by atoms with Crippen LogP contribution in [-0.2, 0) is 9.53 Å². The molecule has 0 rings (SSSR count). The number of hydrogen-bond donors (Lipinski definition) is 0. The standard InChI is InChI=1S/C6H6O2/c1-3-5-6(7)8-4-2/h1,4H,2,5H2. The predicted molar refractivity (Wildman–Crippen MR) is 29.7 cm³/mol. The minimum Gasteiger partial charge on any atom is -0.434 e. The van der Waals surface area contributed by atoms with E-state index in [-0.39, 0.29) is 6.42 Å². The Kier molecular flexibility index (Phi) is 3.34. The van der Waals surface area contributed by atoms with Crippen LogP contribution >= 0.6 is 0 Å². The van der Waals surface area contributed by atoms with Gasteiger partial charge < -0.3 is 4.74 Å². The molecule has 0 saturated carbocycles. The molecule has 0 atom stereocenters. The molecule has 0 aromatic carbocycles. The van der Waals surface area contributed by atoms with Gasteiger partial charge in [0.1, 0.15) is 6.42 Å². The summed E-state index contributed by atoms with van der Waals surface area (Å²) in [6.07, 6.45) is 5.84. The third-order valence-corrected chi connectivity index (χ3v) is 0.461. The van der Waals surface area contributed by atoms with E-state index in [2.05, 4.69) is 17.2 Å². The van der Waals surface area contributed by atoms with E-state index >= 15 is 0 Å². The van der Waals surface area contributed by atoms with Gasteiger partial charge in [-0.1, -0.05) is 12.5 Å². The van der Waals surface area contributed by atoms with Gasteiger partial charge in [-0.3, -0.25) is 4.79 Å². The maximum atomic E-state index is 10.2. The first-order valence-corrected chi connectivity index (χ1v) is 2.05. The molecule has 0 unspecified atom stereocenters. The minimum atomic E-state index is -0.442. The molecule has 0 aliphatic rings. The van der Waals surface area contributed by atoms with Gasteiger partial charge >= 0.3 is 5.97 Å². The fourth-order valence-corrected chi connectivity index (χ4v) is 0.218. The largest absolute Gasteiger partial charge is 0.434 e. The second-order valence-corrected chi connectivity index (χ2v) is 1.04. The Hall–Kier alpha value is -1.23. The molecular formula is C6H6O2. The molecule has 0 amide bonds. The summed E-state index contributed by atoms with van der Waals surface area (Å²) in [5.41, 5.74) is 0. The molecule has 8 heavy (non-hydrogen) atoms. The molecule has 0 bridgehead atoms. The summed E-state index contributed by atoms with van der Waals surface area (Å²) in [5.74, 6) is 1.69. The molecular weight excluding hydrogens is 104 g/mol. The Morgan fingerprint density at radius 3 is 3.00 bits per heavy atom. The second kappa shape index (κ2) is 3.94. The van der Waals surface area contributed by atoms with Crippen molar-refractivity contribution in [1.29, 1.82) is 0 Å². The van der Waals surface area contributed by atoms with Crippen molar-refractivity contribution < 1.29 is 9.53 Å². The average Bonchev–Trinajstić information content (AvgIpc) is 1.68. The zero-order valence-electron chi connectivity index (χ0n) is 4.39. The molecule has 0 spiro atoms. The fourth-order valence-electron chi connectivity index (χ4n) is 0.218. The summed E-state index contributed by atoms with van der Waals surface area (Å²) >= 11 is 0. The first kappa shape index (κ1) is 6.77. The van der Waals surface area contributed by atoms with Crippen molar-refractivity contribution >= 4 is 5.97 Å². The molecule has 0 heterocycles. The molecule has 0 radical (unpaired) electrons. The highest BCUT2D eigenvalue weighted by atomic mass is 16.5. The van der Waals surface area contributed by atoms with Gasteiger partial charge in [0.25, 0.3) is 0 Å². The highest BCUT2D eigenvalue weighted by Crippen LogP contribution is 1.81. The third kappa shape index (κ3) is 2.98. The van der Waals surface area contributed by atoms with Crippen molar-refractivity contribution in [3.63, 3.8) is 0 Å². The van der Waals surface area contributed by atoms with E-state index in [4.69, 9.17) is 6.42 Å². The average molecular weight is 110 g/mol. The van der Waals surface area contributed by atoms with Crippen LogP contribution in [0.5, 0.6) is 0 Å². The monoisotopic (exact) mass is 110 g/mol. The maximum Gasteiger partial charge on any atom is 0.322 e. The predicted octanol–water partition coefficient (Wildman–Crippen LogP) is 0.696. The van der Waals surface area contributed by atoms with Gasteiger partial charge in [0.05, 0.1) is 6.26 Å². The first-order valence-electron chi connectivity index (χ1n) is 2.05. The molecule has 0 aliphatic heterocycles. The van der Waals surface area contributed by atoms with Crippen LogP contribution in [0.1, 0.15) is 6.42 Å². The van der Waals surface area contributed by atoms with Gasteiger partial charge in [0.2, 0.25) is 0 Å². The Morgan fingerprint density at radius 1 is 2.00 bits per heavy atom. The summed E-state index contributed by atoms with van der Waals surface area (Å²) in [4.78, 5) is 10.2. The number of terminal acetylenes is 1. The summed E-state index contributed by atoms with van der Waals surface area (Å²) in [6, 6.07) is 0. The van der Waals surface area contributed by atoms with Gasteiger partial charge in [0.15, 0.2) is 0 Å². The van der Waals surface area contributed by atoms with E-state index in [1.165, 1.54) is 0 Å². The molecule has 2 nitrogen and oxygen atoms in total. The topological polar surface area (TPSA) is 26.3 Å². The first-order chi connectivity index (χ1) is 3.81. The number of carbonyl (C=O) groups excluding carboxylic acids is 1. The van der Waals surface area contributed by atoms with E-state index in [9.17, 15) is 4.79 Å². The highest BCUT2D eigenvalue weighted by Gasteiger charge is 1.92. The maximum absolute atomic E-state index is 10.2. The SMILES string of the molecule is C#CCC(=O)OC=C. The Labute approximate surface area is 48.1 Å². The number of hydrogen-bond acceptors (Lipinski definition) is 2. The highest BCUT2D eigenvalue weighted by molar-refractivity contribution is 5.72. The van der Waals surface area contributed by atoms with Crippen LogP contribution in [0.3, 0.4) is 0 Å². The van der Waals surface area contributed by atoms with Crippen molar-refractivity contribution in [3.8, 4) is 12.3 Å². The quantitative estimate of drug-likeness (QED) is 0.297. The summed E-state index contributed by atoms with van der Waals surface area (Å²) < 4.78 is 4.26. The summed E-state index contributed by atoms with van der Waals surface area (Å²) in [6.45, 7) is 3.17. The van der Waals surface area contributed by atoms with E-state index in [0.29, 0.717) is 0 Å². The lowest BCUT2D eigenvalue weighted by molar-refractivity contribution is -0.136. The van der Waals surface area contributed by atoms with E-state index < -0.39 is 5.97 Å². The lowest BCUT2D eigenvalue weighted by atomic mass is 10.5. The Bertz CT molecular complexity index is 130. The van der Waals surface area contributed by atoms with E-state index in [1.54, 1.807) is 0 Å². The molecule has 42 valence electrons. The molecule has 0 N–H and O–H groups in total. The number of esters is 1. The van der Waals surface area contributed by atoms with Crippen LogP contribution in [0.4, 0.5) is 0 Å². The minimum absolute atomic E-state index is 0.00597. The van der Waals surface area contributed by atoms with Crippen molar-refractivity contribution in [2.24, 2.45) is 0 Å². The van der Waals surface area contributed by atoms with Crippen molar-refractivity contribution in [3.05, 3.63) is 12.8 Å². The van der Waals surface area contributed by atoms with E-state index in [1.807, 2.05) is 0 Å². The lowest BCUT2D eigenvalue weighted by Gasteiger charge is -1.88. The van der Waals surface area contributed by atoms with Crippen LogP contribution in [0, 0.1) is 12.3 Å². The van der Waals surface area contributed by atoms with Crippen LogP contribution in [0.15, 0.2) is 12.8 Å². The smallest absolute Gasteiger partial charge is 0.322 e. The molecule has 2 heteroatoms. The normalized spacial score (nSPS) is 6.88. The molecule has 0 aromatic heterocycles. The zero-order valence-corrected chi connectivity index (χ0v) is 4.39. The molecule has 0 aromatic rings.